The Hall–Kier alpha value is -1.75. The second-order valence-electron chi connectivity index (χ2n) is 4.94. The quantitative estimate of drug-likeness (QED) is 0.891. The fourth-order valence-electron chi connectivity index (χ4n) is 2.54. The summed E-state index contributed by atoms with van der Waals surface area (Å²) in [6.45, 7) is 5.98. The van der Waals surface area contributed by atoms with E-state index in [1.165, 1.54) is 12.1 Å². The smallest absolute Gasteiger partial charge is 0.416 e. The van der Waals surface area contributed by atoms with Crippen LogP contribution in [0, 0.1) is 13.8 Å². The molecule has 2 nitrogen and oxygen atoms in total. The van der Waals surface area contributed by atoms with Crippen molar-refractivity contribution in [2.24, 2.45) is 0 Å². The number of nitrogens with one attached hydrogen (secondary N) is 1. The van der Waals surface area contributed by atoms with Crippen LogP contribution in [0.2, 0.25) is 0 Å². The molecular weight excluding hydrogens is 279 g/mol. The third kappa shape index (κ3) is 3.29. The first kappa shape index (κ1) is 15.6. The lowest BCUT2D eigenvalue weighted by Crippen LogP contribution is -2.25. The highest BCUT2D eigenvalue weighted by Crippen LogP contribution is 2.37. The number of hydrogen-bond donors (Lipinski definition) is 1. The molecule has 0 aliphatic rings. The highest BCUT2D eigenvalue weighted by molar-refractivity contribution is 5.40. The van der Waals surface area contributed by atoms with Crippen LogP contribution in [0.25, 0.3) is 0 Å². The van der Waals surface area contributed by atoms with E-state index in [2.05, 4.69) is 5.32 Å². The lowest BCUT2D eigenvalue weighted by molar-refractivity contribution is -0.138. The van der Waals surface area contributed by atoms with E-state index >= 15 is 0 Å². The zero-order valence-corrected chi connectivity index (χ0v) is 12.2. The van der Waals surface area contributed by atoms with Crippen LogP contribution in [0.4, 0.5) is 13.2 Å². The molecule has 1 heterocycles. The first-order valence-corrected chi connectivity index (χ1v) is 6.81. The van der Waals surface area contributed by atoms with E-state index in [-0.39, 0.29) is 5.56 Å². The standard InChI is InChI=1S/C16H18F3NO/c1-4-20-15(13-9-10(2)21-11(13)3)12-7-5-6-8-14(12)16(17,18)19/h5-9,15,20H,4H2,1-3H3. The Morgan fingerprint density at radius 2 is 1.81 bits per heavy atom. The van der Waals surface area contributed by atoms with E-state index < -0.39 is 17.8 Å². The van der Waals surface area contributed by atoms with Gasteiger partial charge in [-0.3, -0.25) is 0 Å². The summed E-state index contributed by atoms with van der Waals surface area (Å²) in [4.78, 5) is 0. The zero-order chi connectivity index (χ0) is 15.6. The second kappa shape index (κ2) is 5.93. The number of halogens is 3. The molecule has 1 atom stereocenters. The molecule has 0 aliphatic heterocycles. The van der Waals surface area contributed by atoms with Gasteiger partial charge in [0.1, 0.15) is 11.5 Å². The van der Waals surface area contributed by atoms with Gasteiger partial charge < -0.3 is 9.73 Å². The topological polar surface area (TPSA) is 25.2 Å². The highest BCUT2D eigenvalue weighted by atomic mass is 19.4. The normalized spacial score (nSPS) is 13.4. The van der Waals surface area contributed by atoms with Gasteiger partial charge in [0.05, 0.1) is 11.6 Å². The maximum Gasteiger partial charge on any atom is 0.416 e. The Balaban J connectivity index is 2.56. The fourth-order valence-corrected chi connectivity index (χ4v) is 2.54. The molecule has 114 valence electrons. The van der Waals surface area contributed by atoms with Gasteiger partial charge in [-0.2, -0.15) is 13.2 Å². The number of furan rings is 1. The Bertz CT molecular complexity index is 616. The van der Waals surface area contributed by atoms with Gasteiger partial charge in [0, 0.05) is 5.56 Å². The third-order valence-corrected chi connectivity index (χ3v) is 3.38. The van der Waals surface area contributed by atoms with Gasteiger partial charge >= 0.3 is 6.18 Å². The van der Waals surface area contributed by atoms with E-state index in [1.54, 1.807) is 26.0 Å². The third-order valence-electron chi connectivity index (χ3n) is 3.38. The molecule has 2 aromatic rings. The van der Waals surface area contributed by atoms with Crippen molar-refractivity contribution >= 4 is 0 Å². The van der Waals surface area contributed by atoms with Crippen molar-refractivity contribution in [1.29, 1.82) is 0 Å². The minimum Gasteiger partial charge on any atom is -0.466 e. The zero-order valence-electron chi connectivity index (χ0n) is 12.2. The van der Waals surface area contributed by atoms with Crippen LogP contribution >= 0.6 is 0 Å². The Morgan fingerprint density at radius 1 is 1.14 bits per heavy atom. The van der Waals surface area contributed by atoms with Crippen molar-refractivity contribution in [3.05, 3.63) is 58.5 Å². The number of rotatable bonds is 4. The summed E-state index contributed by atoms with van der Waals surface area (Å²) in [6, 6.07) is 6.90. The Labute approximate surface area is 122 Å². The van der Waals surface area contributed by atoms with Gasteiger partial charge in [-0.15, -0.1) is 0 Å². The summed E-state index contributed by atoms with van der Waals surface area (Å²) >= 11 is 0. The fraction of sp³-hybridized carbons (Fsp3) is 0.375. The molecule has 0 amide bonds. The molecule has 1 unspecified atom stereocenters. The lowest BCUT2D eigenvalue weighted by Gasteiger charge is -2.22. The highest BCUT2D eigenvalue weighted by Gasteiger charge is 2.35. The Kier molecular flexibility index (Phi) is 4.42. The van der Waals surface area contributed by atoms with Crippen LogP contribution in [0.15, 0.2) is 34.7 Å². The van der Waals surface area contributed by atoms with Crippen LogP contribution in [-0.4, -0.2) is 6.54 Å². The van der Waals surface area contributed by atoms with Crippen LogP contribution < -0.4 is 5.32 Å². The van der Waals surface area contributed by atoms with Gasteiger partial charge in [0.25, 0.3) is 0 Å². The van der Waals surface area contributed by atoms with Crippen molar-refractivity contribution in [2.45, 2.75) is 33.0 Å². The summed E-state index contributed by atoms with van der Waals surface area (Å²) in [6.07, 6.45) is -4.38. The summed E-state index contributed by atoms with van der Waals surface area (Å²) in [5.41, 5.74) is 0.344. The largest absolute Gasteiger partial charge is 0.466 e. The van der Waals surface area contributed by atoms with Crippen molar-refractivity contribution in [3.63, 3.8) is 0 Å². The van der Waals surface area contributed by atoms with Crippen molar-refractivity contribution in [2.75, 3.05) is 6.54 Å². The average Bonchev–Trinajstić information content (AvgIpc) is 2.74. The maximum absolute atomic E-state index is 13.2. The first-order chi connectivity index (χ1) is 9.84. The lowest BCUT2D eigenvalue weighted by atomic mass is 9.94. The van der Waals surface area contributed by atoms with Crippen molar-refractivity contribution in [1.82, 2.24) is 5.32 Å². The predicted molar refractivity (Wildman–Crippen MR) is 75.1 cm³/mol. The van der Waals surface area contributed by atoms with E-state index in [4.69, 9.17) is 4.42 Å². The molecule has 0 radical (unpaired) electrons. The molecule has 0 spiro atoms. The molecule has 1 aromatic heterocycles. The SMILES string of the molecule is CCNC(c1ccccc1C(F)(F)F)c1cc(C)oc1C. The van der Waals surface area contributed by atoms with E-state index in [0.717, 1.165) is 11.6 Å². The molecule has 21 heavy (non-hydrogen) atoms. The number of aryl methyl sites for hydroxylation is 2. The van der Waals surface area contributed by atoms with Crippen LogP contribution in [0.5, 0.6) is 0 Å². The maximum atomic E-state index is 13.2. The summed E-state index contributed by atoms with van der Waals surface area (Å²) < 4.78 is 45.1. The first-order valence-electron chi connectivity index (χ1n) is 6.81. The van der Waals surface area contributed by atoms with Crippen LogP contribution in [0.1, 0.15) is 41.2 Å². The van der Waals surface area contributed by atoms with Crippen LogP contribution in [-0.2, 0) is 6.18 Å². The van der Waals surface area contributed by atoms with Gasteiger partial charge in [-0.25, -0.2) is 0 Å². The second-order valence-corrected chi connectivity index (χ2v) is 4.94. The van der Waals surface area contributed by atoms with Crippen molar-refractivity contribution in [3.8, 4) is 0 Å². The summed E-state index contributed by atoms with van der Waals surface area (Å²) in [5, 5.41) is 3.12. The predicted octanol–water partition coefficient (Wildman–Crippen LogP) is 4.61. The molecule has 0 saturated heterocycles. The molecule has 0 fully saturated rings. The number of alkyl halides is 3. The van der Waals surface area contributed by atoms with E-state index in [1.807, 2.05) is 6.92 Å². The molecule has 0 bridgehead atoms. The summed E-state index contributed by atoms with van der Waals surface area (Å²) in [5.74, 6) is 1.32. The van der Waals surface area contributed by atoms with Gasteiger partial charge in [0.15, 0.2) is 0 Å². The molecule has 2 rings (SSSR count). The van der Waals surface area contributed by atoms with E-state index in [0.29, 0.717) is 18.1 Å². The van der Waals surface area contributed by atoms with Gasteiger partial charge in [-0.1, -0.05) is 25.1 Å². The van der Waals surface area contributed by atoms with E-state index in [9.17, 15) is 13.2 Å². The molecule has 0 aliphatic carbocycles. The average molecular weight is 297 g/mol. The minimum absolute atomic E-state index is 0.218. The van der Waals surface area contributed by atoms with Gasteiger partial charge in [-0.05, 0) is 38.1 Å². The summed E-state index contributed by atoms with van der Waals surface area (Å²) in [7, 11) is 0. The number of hydrogen-bond acceptors (Lipinski definition) is 2. The van der Waals surface area contributed by atoms with Crippen LogP contribution in [0.3, 0.4) is 0 Å². The van der Waals surface area contributed by atoms with Crippen molar-refractivity contribution < 1.29 is 17.6 Å². The minimum atomic E-state index is -4.38. The molecule has 1 aromatic carbocycles. The molecular formula is C16H18F3NO. The molecule has 5 heteroatoms. The van der Waals surface area contributed by atoms with Gasteiger partial charge in [0.2, 0.25) is 0 Å². The Morgan fingerprint density at radius 3 is 2.33 bits per heavy atom. The molecule has 1 N–H and O–H groups in total. The molecule has 0 saturated carbocycles. The monoisotopic (exact) mass is 297 g/mol. The number of benzene rings is 1.